The standard InChI is InChI=1S/C15H18F3N5O/c1-10-21-14(24-22-10)12-2-4-19-13(6-12)20-7-11-3-5-23(8-11)9-15(16,17)18/h2,4,6,11H,3,5,7-9H2,1H3,(H,19,20)/t11-/m1/s1. The first-order valence-electron chi connectivity index (χ1n) is 7.69. The van der Waals surface area contributed by atoms with E-state index in [0.29, 0.717) is 37.2 Å². The summed E-state index contributed by atoms with van der Waals surface area (Å²) in [4.78, 5) is 9.82. The lowest BCUT2D eigenvalue weighted by Gasteiger charge is -2.18. The van der Waals surface area contributed by atoms with E-state index in [1.165, 1.54) is 4.90 Å². The highest BCUT2D eigenvalue weighted by Gasteiger charge is 2.34. The summed E-state index contributed by atoms with van der Waals surface area (Å²) in [5.41, 5.74) is 0.748. The molecule has 0 spiro atoms. The van der Waals surface area contributed by atoms with Gasteiger partial charge in [-0.05, 0) is 37.9 Å². The lowest BCUT2D eigenvalue weighted by molar-refractivity contribution is -0.143. The number of anilines is 1. The summed E-state index contributed by atoms with van der Waals surface area (Å²) < 4.78 is 42.3. The van der Waals surface area contributed by atoms with Crippen molar-refractivity contribution in [1.29, 1.82) is 0 Å². The number of hydrogen-bond donors (Lipinski definition) is 1. The van der Waals surface area contributed by atoms with E-state index in [9.17, 15) is 13.2 Å². The van der Waals surface area contributed by atoms with Crippen molar-refractivity contribution < 1.29 is 17.7 Å². The topological polar surface area (TPSA) is 67.1 Å². The van der Waals surface area contributed by atoms with Crippen LogP contribution < -0.4 is 5.32 Å². The quantitative estimate of drug-likeness (QED) is 0.902. The summed E-state index contributed by atoms with van der Waals surface area (Å²) in [6.07, 6.45) is -1.77. The van der Waals surface area contributed by atoms with Crippen molar-refractivity contribution >= 4 is 5.82 Å². The van der Waals surface area contributed by atoms with E-state index in [4.69, 9.17) is 4.52 Å². The van der Waals surface area contributed by atoms with Gasteiger partial charge in [-0.15, -0.1) is 0 Å². The molecule has 2 aromatic rings. The fraction of sp³-hybridized carbons (Fsp3) is 0.533. The fourth-order valence-electron chi connectivity index (χ4n) is 2.80. The second kappa shape index (κ2) is 6.76. The van der Waals surface area contributed by atoms with Gasteiger partial charge in [0.25, 0.3) is 5.89 Å². The summed E-state index contributed by atoms with van der Waals surface area (Å²) in [7, 11) is 0. The van der Waals surface area contributed by atoms with Crippen LogP contribution in [0.2, 0.25) is 0 Å². The van der Waals surface area contributed by atoms with Crippen molar-refractivity contribution in [1.82, 2.24) is 20.0 Å². The van der Waals surface area contributed by atoms with Crippen molar-refractivity contribution in [3.63, 3.8) is 0 Å². The summed E-state index contributed by atoms with van der Waals surface area (Å²) in [6.45, 7) is 2.39. The Morgan fingerprint density at radius 3 is 2.96 bits per heavy atom. The average molecular weight is 341 g/mol. The molecule has 0 saturated carbocycles. The fourth-order valence-corrected chi connectivity index (χ4v) is 2.80. The molecule has 130 valence electrons. The van der Waals surface area contributed by atoms with Crippen LogP contribution in [0.5, 0.6) is 0 Å². The summed E-state index contributed by atoms with van der Waals surface area (Å²) in [5, 5.41) is 6.92. The number of pyridine rings is 1. The van der Waals surface area contributed by atoms with Crippen LogP contribution in [0.4, 0.5) is 19.0 Å². The molecule has 1 aliphatic rings. The number of rotatable bonds is 5. The minimum absolute atomic E-state index is 0.170. The summed E-state index contributed by atoms with van der Waals surface area (Å²) >= 11 is 0. The maximum Gasteiger partial charge on any atom is 0.401 e. The largest absolute Gasteiger partial charge is 0.401 e. The average Bonchev–Trinajstić information content (AvgIpc) is 3.13. The Morgan fingerprint density at radius 1 is 1.42 bits per heavy atom. The molecule has 24 heavy (non-hydrogen) atoms. The molecule has 6 nitrogen and oxygen atoms in total. The smallest absolute Gasteiger partial charge is 0.370 e. The number of aryl methyl sites for hydroxylation is 1. The minimum atomic E-state index is -4.14. The first-order valence-corrected chi connectivity index (χ1v) is 7.69. The monoisotopic (exact) mass is 341 g/mol. The molecule has 3 heterocycles. The predicted octanol–water partition coefficient (Wildman–Crippen LogP) is 2.74. The van der Waals surface area contributed by atoms with Crippen molar-refractivity contribution in [2.45, 2.75) is 19.5 Å². The van der Waals surface area contributed by atoms with Gasteiger partial charge < -0.3 is 9.84 Å². The van der Waals surface area contributed by atoms with Gasteiger partial charge in [-0.1, -0.05) is 5.16 Å². The highest BCUT2D eigenvalue weighted by atomic mass is 19.4. The maximum atomic E-state index is 12.4. The van der Waals surface area contributed by atoms with Gasteiger partial charge in [0.1, 0.15) is 5.82 Å². The highest BCUT2D eigenvalue weighted by Crippen LogP contribution is 2.24. The normalized spacial score (nSPS) is 18.9. The van der Waals surface area contributed by atoms with Crippen molar-refractivity contribution in [2.75, 3.05) is 31.5 Å². The van der Waals surface area contributed by atoms with Crippen LogP contribution in [0.1, 0.15) is 12.2 Å². The molecule has 1 aliphatic heterocycles. The van der Waals surface area contributed by atoms with E-state index in [2.05, 4.69) is 20.4 Å². The van der Waals surface area contributed by atoms with E-state index >= 15 is 0 Å². The Morgan fingerprint density at radius 2 is 2.25 bits per heavy atom. The lowest BCUT2D eigenvalue weighted by Crippen LogP contribution is -2.33. The second-order valence-electron chi connectivity index (χ2n) is 5.96. The van der Waals surface area contributed by atoms with Crippen LogP contribution >= 0.6 is 0 Å². The Bertz CT molecular complexity index is 688. The van der Waals surface area contributed by atoms with Gasteiger partial charge in [0, 0.05) is 24.8 Å². The zero-order valence-corrected chi connectivity index (χ0v) is 13.2. The molecule has 0 unspecified atom stereocenters. The van der Waals surface area contributed by atoms with Crippen LogP contribution in [-0.4, -0.2) is 52.4 Å². The first-order chi connectivity index (χ1) is 11.4. The first kappa shape index (κ1) is 16.7. The molecule has 1 saturated heterocycles. The van der Waals surface area contributed by atoms with Gasteiger partial charge in [-0.25, -0.2) is 4.98 Å². The predicted molar refractivity (Wildman–Crippen MR) is 81.4 cm³/mol. The van der Waals surface area contributed by atoms with E-state index in [1.807, 2.05) is 0 Å². The molecular weight excluding hydrogens is 323 g/mol. The molecule has 0 aromatic carbocycles. The maximum absolute atomic E-state index is 12.4. The Kier molecular flexibility index (Phi) is 4.70. The van der Waals surface area contributed by atoms with Crippen LogP contribution in [-0.2, 0) is 0 Å². The van der Waals surface area contributed by atoms with Crippen LogP contribution in [0.3, 0.4) is 0 Å². The number of nitrogens with zero attached hydrogens (tertiary/aromatic N) is 4. The van der Waals surface area contributed by atoms with Crippen molar-refractivity contribution in [3.8, 4) is 11.5 Å². The molecule has 0 amide bonds. The zero-order valence-electron chi connectivity index (χ0n) is 13.2. The molecule has 1 atom stereocenters. The van der Waals surface area contributed by atoms with Gasteiger partial charge in [-0.2, -0.15) is 18.2 Å². The van der Waals surface area contributed by atoms with E-state index < -0.39 is 12.7 Å². The van der Waals surface area contributed by atoms with E-state index in [1.54, 1.807) is 25.3 Å². The van der Waals surface area contributed by atoms with Gasteiger partial charge in [0.2, 0.25) is 0 Å². The van der Waals surface area contributed by atoms with E-state index in [0.717, 1.165) is 12.0 Å². The highest BCUT2D eigenvalue weighted by molar-refractivity contribution is 5.57. The number of alkyl halides is 3. The third kappa shape index (κ3) is 4.44. The van der Waals surface area contributed by atoms with Gasteiger partial charge >= 0.3 is 6.18 Å². The second-order valence-corrected chi connectivity index (χ2v) is 5.96. The van der Waals surface area contributed by atoms with Crippen LogP contribution in [0, 0.1) is 12.8 Å². The number of hydrogen-bond acceptors (Lipinski definition) is 6. The summed E-state index contributed by atoms with van der Waals surface area (Å²) in [6, 6.07) is 3.55. The third-order valence-electron chi connectivity index (χ3n) is 3.88. The Labute approximate surface area is 137 Å². The number of halogens is 3. The van der Waals surface area contributed by atoms with Crippen molar-refractivity contribution in [3.05, 3.63) is 24.2 Å². The molecule has 2 aromatic heterocycles. The SMILES string of the molecule is Cc1noc(-c2ccnc(NC[C@H]3CCN(CC(F)(F)F)C3)c2)n1. The molecule has 9 heteroatoms. The molecule has 0 bridgehead atoms. The number of nitrogens with one attached hydrogen (secondary N) is 1. The van der Waals surface area contributed by atoms with Crippen LogP contribution in [0.15, 0.2) is 22.9 Å². The lowest BCUT2D eigenvalue weighted by atomic mass is 10.1. The van der Waals surface area contributed by atoms with Gasteiger partial charge in [-0.3, -0.25) is 4.90 Å². The molecule has 0 aliphatic carbocycles. The zero-order chi connectivity index (χ0) is 17.2. The van der Waals surface area contributed by atoms with Gasteiger partial charge in [0.15, 0.2) is 5.82 Å². The number of likely N-dealkylation sites (tertiary alicyclic amines) is 1. The minimum Gasteiger partial charge on any atom is -0.370 e. The van der Waals surface area contributed by atoms with Gasteiger partial charge in [0.05, 0.1) is 6.54 Å². The Balaban J connectivity index is 1.54. The molecule has 1 fully saturated rings. The molecule has 1 N–H and O–H groups in total. The molecule has 0 radical (unpaired) electrons. The summed E-state index contributed by atoms with van der Waals surface area (Å²) in [5.74, 6) is 1.77. The molecule has 3 rings (SSSR count). The number of aromatic nitrogens is 3. The van der Waals surface area contributed by atoms with E-state index in [-0.39, 0.29) is 5.92 Å². The Hall–Kier alpha value is -2.16. The molecular formula is C15H18F3N5O. The third-order valence-corrected chi connectivity index (χ3v) is 3.88. The van der Waals surface area contributed by atoms with Crippen molar-refractivity contribution in [2.24, 2.45) is 5.92 Å². The van der Waals surface area contributed by atoms with Crippen LogP contribution in [0.25, 0.3) is 11.5 Å².